The Labute approximate surface area is 79.6 Å². The molecular formula is C9H9FO4. The minimum Gasteiger partial charge on any atom is -0.487 e. The van der Waals surface area contributed by atoms with Gasteiger partial charge in [0.2, 0.25) is 0 Å². The Morgan fingerprint density at radius 1 is 1.50 bits per heavy atom. The van der Waals surface area contributed by atoms with Gasteiger partial charge in [0.05, 0.1) is 6.61 Å². The van der Waals surface area contributed by atoms with Crippen LogP contribution < -0.4 is 4.74 Å². The Balaban J connectivity index is 3.02. The summed E-state index contributed by atoms with van der Waals surface area (Å²) in [6, 6.07) is 3.61. The molecule has 0 amide bonds. The van der Waals surface area contributed by atoms with Gasteiger partial charge in [-0.3, -0.25) is 0 Å². The quantitative estimate of drug-likeness (QED) is 0.757. The van der Waals surface area contributed by atoms with E-state index in [0.29, 0.717) is 0 Å². The maximum Gasteiger partial charge on any atom is 0.339 e. The average molecular weight is 200 g/mol. The zero-order valence-electron chi connectivity index (χ0n) is 7.24. The van der Waals surface area contributed by atoms with Gasteiger partial charge < -0.3 is 14.9 Å². The normalized spacial score (nSPS) is 9.86. The van der Waals surface area contributed by atoms with E-state index >= 15 is 0 Å². The van der Waals surface area contributed by atoms with E-state index in [1.807, 2.05) is 0 Å². The van der Waals surface area contributed by atoms with Crippen molar-refractivity contribution < 1.29 is 24.1 Å². The molecule has 0 atom stereocenters. The molecule has 0 spiro atoms. The van der Waals surface area contributed by atoms with E-state index in [1.54, 1.807) is 0 Å². The molecule has 0 aliphatic rings. The molecule has 14 heavy (non-hydrogen) atoms. The van der Waals surface area contributed by atoms with Crippen LogP contribution in [-0.2, 0) is 0 Å². The molecule has 1 rings (SSSR count). The lowest BCUT2D eigenvalue weighted by molar-refractivity contribution is 0.0689. The van der Waals surface area contributed by atoms with Crippen LogP contribution in [0.5, 0.6) is 5.75 Å². The maximum absolute atomic E-state index is 13.1. The molecule has 0 bridgehead atoms. The number of rotatable bonds is 4. The summed E-state index contributed by atoms with van der Waals surface area (Å²) in [5.74, 6) is -2.36. The van der Waals surface area contributed by atoms with Crippen molar-refractivity contribution in [2.75, 3.05) is 13.2 Å². The van der Waals surface area contributed by atoms with Gasteiger partial charge in [0.1, 0.15) is 12.2 Å². The standard InChI is InChI=1S/C9H9FO4/c10-7-3-1-2-6(9(12)13)8(7)14-5-4-11/h1-3,11H,4-5H2,(H,12,13). The average Bonchev–Trinajstić information content (AvgIpc) is 2.15. The largest absolute Gasteiger partial charge is 0.487 e. The van der Waals surface area contributed by atoms with Crippen molar-refractivity contribution in [1.29, 1.82) is 0 Å². The number of hydrogen-bond acceptors (Lipinski definition) is 3. The topological polar surface area (TPSA) is 66.8 Å². The van der Waals surface area contributed by atoms with Crippen molar-refractivity contribution >= 4 is 5.97 Å². The summed E-state index contributed by atoms with van der Waals surface area (Å²) in [6.07, 6.45) is 0. The van der Waals surface area contributed by atoms with Gasteiger partial charge in [0.25, 0.3) is 0 Å². The van der Waals surface area contributed by atoms with E-state index in [9.17, 15) is 9.18 Å². The van der Waals surface area contributed by atoms with Crippen LogP contribution in [0.1, 0.15) is 10.4 Å². The summed E-state index contributed by atoms with van der Waals surface area (Å²) in [7, 11) is 0. The fourth-order valence-electron chi connectivity index (χ4n) is 0.972. The number of carbonyl (C=O) groups is 1. The first-order valence-corrected chi connectivity index (χ1v) is 3.92. The van der Waals surface area contributed by atoms with Crippen molar-refractivity contribution in [2.24, 2.45) is 0 Å². The molecule has 0 unspecified atom stereocenters. The van der Waals surface area contributed by atoms with E-state index in [0.717, 1.165) is 6.07 Å². The van der Waals surface area contributed by atoms with Crippen molar-refractivity contribution in [2.45, 2.75) is 0 Å². The minimum absolute atomic E-state index is 0.138. The van der Waals surface area contributed by atoms with E-state index < -0.39 is 11.8 Å². The van der Waals surface area contributed by atoms with E-state index in [2.05, 4.69) is 0 Å². The molecule has 0 aliphatic carbocycles. The molecule has 0 aromatic heterocycles. The molecule has 0 heterocycles. The van der Waals surface area contributed by atoms with Gasteiger partial charge in [-0.15, -0.1) is 0 Å². The van der Waals surface area contributed by atoms with Gasteiger partial charge in [0.15, 0.2) is 11.6 Å². The summed E-state index contributed by atoms with van der Waals surface area (Å²) >= 11 is 0. The smallest absolute Gasteiger partial charge is 0.339 e. The summed E-state index contributed by atoms with van der Waals surface area (Å²) < 4.78 is 17.8. The Bertz CT molecular complexity index is 338. The second-order valence-corrected chi connectivity index (χ2v) is 2.49. The highest BCUT2D eigenvalue weighted by Crippen LogP contribution is 2.22. The molecule has 0 saturated carbocycles. The lowest BCUT2D eigenvalue weighted by Crippen LogP contribution is -2.08. The van der Waals surface area contributed by atoms with Crippen LogP contribution in [-0.4, -0.2) is 29.4 Å². The zero-order valence-corrected chi connectivity index (χ0v) is 7.24. The summed E-state index contributed by atoms with van der Waals surface area (Å²) in [4.78, 5) is 10.6. The first-order chi connectivity index (χ1) is 6.66. The van der Waals surface area contributed by atoms with E-state index in [4.69, 9.17) is 14.9 Å². The third-order valence-electron chi connectivity index (χ3n) is 1.54. The fourth-order valence-corrected chi connectivity index (χ4v) is 0.972. The molecule has 0 radical (unpaired) electrons. The second-order valence-electron chi connectivity index (χ2n) is 2.49. The summed E-state index contributed by atoms with van der Waals surface area (Å²) in [5, 5.41) is 17.1. The third kappa shape index (κ3) is 2.20. The van der Waals surface area contributed by atoms with Gasteiger partial charge in [-0.2, -0.15) is 0 Å². The molecule has 0 fully saturated rings. The Morgan fingerprint density at radius 3 is 2.79 bits per heavy atom. The molecule has 2 N–H and O–H groups in total. The Morgan fingerprint density at radius 2 is 2.21 bits per heavy atom. The van der Waals surface area contributed by atoms with Crippen LogP contribution in [0.2, 0.25) is 0 Å². The summed E-state index contributed by atoms with van der Waals surface area (Å²) in [5.41, 5.74) is -0.251. The Hall–Kier alpha value is -1.62. The molecule has 0 saturated heterocycles. The number of benzene rings is 1. The van der Waals surface area contributed by atoms with Gasteiger partial charge in [-0.25, -0.2) is 9.18 Å². The van der Waals surface area contributed by atoms with Crippen LogP contribution in [0.15, 0.2) is 18.2 Å². The molecule has 1 aromatic carbocycles. The van der Waals surface area contributed by atoms with Crippen molar-refractivity contribution in [3.05, 3.63) is 29.6 Å². The lowest BCUT2D eigenvalue weighted by Gasteiger charge is -2.08. The number of halogens is 1. The molecule has 76 valence electrons. The molecule has 5 heteroatoms. The molecule has 0 aliphatic heterocycles. The van der Waals surface area contributed by atoms with E-state index in [1.165, 1.54) is 12.1 Å². The summed E-state index contributed by atoms with van der Waals surface area (Å²) in [6.45, 7) is -0.436. The first-order valence-electron chi connectivity index (χ1n) is 3.92. The number of hydrogen-bond donors (Lipinski definition) is 2. The number of aliphatic hydroxyl groups excluding tert-OH is 1. The van der Waals surface area contributed by atoms with Crippen LogP contribution in [0, 0.1) is 5.82 Å². The number of para-hydroxylation sites is 1. The number of carboxylic acids is 1. The van der Waals surface area contributed by atoms with Crippen molar-refractivity contribution in [1.82, 2.24) is 0 Å². The SMILES string of the molecule is O=C(O)c1cccc(F)c1OCCO. The third-order valence-corrected chi connectivity index (χ3v) is 1.54. The lowest BCUT2D eigenvalue weighted by atomic mass is 10.2. The van der Waals surface area contributed by atoms with Gasteiger partial charge in [-0.1, -0.05) is 6.07 Å². The van der Waals surface area contributed by atoms with Gasteiger partial charge in [-0.05, 0) is 12.1 Å². The van der Waals surface area contributed by atoms with Crippen LogP contribution in [0.4, 0.5) is 4.39 Å². The monoisotopic (exact) mass is 200 g/mol. The highest BCUT2D eigenvalue weighted by Gasteiger charge is 2.14. The minimum atomic E-state index is -1.27. The van der Waals surface area contributed by atoms with Gasteiger partial charge >= 0.3 is 5.97 Å². The predicted octanol–water partition coefficient (Wildman–Crippen LogP) is 0.895. The van der Waals surface area contributed by atoms with Crippen molar-refractivity contribution in [3.8, 4) is 5.75 Å². The van der Waals surface area contributed by atoms with Crippen LogP contribution in [0.3, 0.4) is 0 Å². The van der Waals surface area contributed by atoms with Crippen LogP contribution >= 0.6 is 0 Å². The fraction of sp³-hybridized carbons (Fsp3) is 0.222. The maximum atomic E-state index is 13.1. The number of carboxylic acid groups (broad SMARTS) is 1. The second kappa shape index (κ2) is 4.57. The van der Waals surface area contributed by atoms with Gasteiger partial charge in [0, 0.05) is 0 Å². The number of aromatic carboxylic acids is 1. The Kier molecular flexibility index (Phi) is 3.41. The highest BCUT2D eigenvalue weighted by molar-refractivity contribution is 5.90. The van der Waals surface area contributed by atoms with E-state index in [-0.39, 0.29) is 24.5 Å². The molecule has 1 aromatic rings. The van der Waals surface area contributed by atoms with Crippen LogP contribution in [0.25, 0.3) is 0 Å². The molecular weight excluding hydrogens is 191 g/mol. The predicted molar refractivity (Wildman–Crippen MR) is 45.9 cm³/mol. The van der Waals surface area contributed by atoms with Crippen molar-refractivity contribution in [3.63, 3.8) is 0 Å². The first kappa shape index (κ1) is 10.5. The molecule has 4 nitrogen and oxygen atoms in total. The highest BCUT2D eigenvalue weighted by atomic mass is 19.1. The number of aliphatic hydroxyl groups is 1. The zero-order chi connectivity index (χ0) is 10.6. The number of ether oxygens (including phenoxy) is 1.